The molecule has 1 aromatic carbocycles. The lowest BCUT2D eigenvalue weighted by atomic mass is 9.84. The highest BCUT2D eigenvalue weighted by atomic mass is 16.5. The number of hydrogen-bond acceptors (Lipinski definition) is 3. The Kier molecular flexibility index (Phi) is 3.27. The van der Waals surface area contributed by atoms with E-state index in [0.29, 0.717) is 0 Å². The summed E-state index contributed by atoms with van der Waals surface area (Å²) >= 11 is 0. The molecular formula is C16H23NO2. The topological polar surface area (TPSA) is 44.5 Å². The number of hydrogen-bond donors (Lipinski definition) is 1. The fourth-order valence-corrected chi connectivity index (χ4v) is 3.01. The third-order valence-corrected chi connectivity index (χ3v) is 4.32. The zero-order chi connectivity index (χ0) is 13.5. The van der Waals surface area contributed by atoms with Crippen LogP contribution in [0.15, 0.2) is 18.2 Å². The smallest absolute Gasteiger partial charge is 0.123 e. The monoisotopic (exact) mass is 261 g/mol. The van der Waals surface area contributed by atoms with Crippen LogP contribution in [0.2, 0.25) is 0 Å². The van der Waals surface area contributed by atoms with Crippen LogP contribution in [0, 0.1) is 0 Å². The van der Waals surface area contributed by atoms with Crippen molar-refractivity contribution in [2.75, 3.05) is 13.2 Å². The normalized spacial score (nSPS) is 26.6. The Balaban J connectivity index is 1.85. The summed E-state index contributed by atoms with van der Waals surface area (Å²) in [5.74, 6) is 1.01. The van der Waals surface area contributed by atoms with Crippen LogP contribution in [-0.2, 0) is 10.2 Å². The molecule has 3 heteroatoms. The third-order valence-electron chi connectivity index (χ3n) is 4.32. The van der Waals surface area contributed by atoms with Gasteiger partial charge in [-0.1, -0.05) is 19.9 Å². The Morgan fingerprint density at radius 3 is 2.89 bits per heavy atom. The first-order chi connectivity index (χ1) is 9.08. The molecule has 2 unspecified atom stereocenters. The molecule has 2 aliphatic rings. The van der Waals surface area contributed by atoms with Gasteiger partial charge in [0.1, 0.15) is 5.75 Å². The maximum absolute atomic E-state index is 6.39. The Labute approximate surface area is 115 Å². The first kappa shape index (κ1) is 12.9. The van der Waals surface area contributed by atoms with Crippen LogP contribution in [0.25, 0.3) is 0 Å². The molecule has 2 heterocycles. The molecule has 0 bridgehead atoms. The summed E-state index contributed by atoms with van der Waals surface area (Å²) in [4.78, 5) is 0. The van der Waals surface area contributed by atoms with Crippen molar-refractivity contribution in [3.8, 4) is 5.75 Å². The lowest BCUT2D eigenvalue weighted by Crippen LogP contribution is -2.32. The van der Waals surface area contributed by atoms with E-state index in [-0.39, 0.29) is 17.6 Å². The zero-order valence-electron chi connectivity index (χ0n) is 11.8. The zero-order valence-corrected chi connectivity index (χ0v) is 11.8. The molecule has 1 fully saturated rings. The number of nitrogens with two attached hydrogens (primary N) is 1. The van der Waals surface area contributed by atoms with Crippen LogP contribution in [0.1, 0.15) is 50.3 Å². The second kappa shape index (κ2) is 4.80. The molecular weight excluding hydrogens is 238 g/mol. The van der Waals surface area contributed by atoms with Gasteiger partial charge in [-0.15, -0.1) is 0 Å². The second-order valence-electron chi connectivity index (χ2n) is 6.36. The summed E-state index contributed by atoms with van der Waals surface area (Å²) in [7, 11) is 0. The summed E-state index contributed by atoms with van der Waals surface area (Å²) in [6, 6.07) is 6.33. The molecule has 2 N–H and O–H groups in total. The van der Waals surface area contributed by atoms with Crippen LogP contribution >= 0.6 is 0 Å². The molecule has 1 aromatic rings. The van der Waals surface area contributed by atoms with Gasteiger partial charge in [0, 0.05) is 17.6 Å². The summed E-state index contributed by atoms with van der Waals surface area (Å²) < 4.78 is 11.5. The van der Waals surface area contributed by atoms with Crippen molar-refractivity contribution >= 4 is 0 Å². The van der Waals surface area contributed by atoms with Gasteiger partial charge in [-0.25, -0.2) is 0 Å². The average Bonchev–Trinajstić information content (AvgIpc) is 2.74. The van der Waals surface area contributed by atoms with E-state index >= 15 is 0 Å². The number of ether oxygens (including phenoxy) is 2. The second-order valence-corrected chi connectivity index (χ2v) is 6.36. The van der Waals surface area contributed by atoms with Gasteiger partial charge in [0.2, 0.25) is 0 Å². The van der Waals surface area contributed by atoms with E-state index in [1.54, 1.807) is 0 Å². The van der Waals surface area contributed by atoms with Gasteiger partial charge in [-0.05, 0) is 37.0 Å². The Morgan fingerprint density at radius 2 is 2.16 bits per heavy atom. The first-order valence-corrected chi connectivity index (χ1v) is 7.22. The van der Waals surface area contributed by atoms with E-state index in [1.165, 1.54) is 17.5 Å². The highest BCUT2D eigenvalue weighted by molar-refractivity contribution is 5.46. The van der Waals surface area contributed by atoms with Crippen LogP contribution in [-0.4, -0.2) is 19.3 Å². The van der Waals surface area contributed by atoms with Crippen molar-refractivity contribution in [1.29, 1.82) is 0 Å². The lowest BCUT2D eigenvalue weighted by Gasteiger charge is -2.28. The molecule has 0 aliphatic carbocycles. The van der Waals surface area contributed by atoms with Crippen molar-refractivity contribution in [2.24, 2.45) is 5.73 Å². The minimum atomic E-state index is -0.0259. The van der Waals surface area contributed by atoms with Crippen LogP contribution < -0.4 is 10.5 Å². The molecule has 0 amide bonds. The van der Waals surface area contributed by atoms with Gasteiger partial charge in [-0.2, -0.15) is 0 Å². The fraction of sp³-hybridized carbons (Fsp3) is 0.625. The van der Waals surface area contributed by atoms with Crippen LogP contribution in [0.4, 0.5) is 0 Å². The third kappa shape index (κ3) is 2.37. The van der Waals surface area contributed by atoms with Crippen molar-refractivity contribution in [1.82, 2.24) is 0 Å². The van der Waals surface area contributed by atoms with E-state index in [9.17, 15) is 0 Å². The quantitative estimate of drug-likeness (QED) is 0.890. The number of benzene rings is 1. The van der Waals surface area contributed by atoms with Crippen molar-refractivity contribution < 1.29 is 9.47 Å². The predicted molar refractivity (Wildman–Crippen MR) is 75.5 cm³/mol. The van der Waals surface area contributed by atoms with Gasteiger partial charge < -0.3 is 15.2 Å². The standard InChI is InChI=1S/C16H23NO2/c1-16(2)10-19-13-7-6-11(9-12(13)16)15(17)14-5-3-4-8-18-14/h6-7,9,14-15H,3-5,8,10,17H2,1-2H3. The van der Waals surface area contributed by atoms with Crippen LogP contribution in [0.5, 0.6) is 5.75 Å². The fourth-order valence-electron chi connectivity index (χ4n) is 3.01. The minimum absolute atomic E-state index is 0.0259. The summed E-state index contributed by atoms with van der Waals surface area (Å²) in [5.41, 5.74) is 8.91. The molecule has 0 aromatic heterocycles. The number of rotatable bonds is 2. The minimum Gasteiger partial charge on any atom is -0.492 e. The molecule has 2 aliphatic heterocycles. The number of fused-ring (bicyclic) bond motifs is 1. The Morgan fingerprint density at radius 1 is 1.32 bits per heavy atom. The Hall–Kier alpha value is -1.06. The average molecular weight is 261 g/mol. The van der Waals surface area contributed by atoms with Crippen LogP contribution in [0.3, 0.4) is 0 Å². The molecule has 2 atom stereocenters. The maximum atomic E-state index is 6.39. The van der Waals surface area contributed by atoms with Gasteiger partial charge in [0.05, 0.1) is 18.8 Å². The van der Waals surface area contributed by atoms with E-state index in [4.69, 9.17) is 15.2 Å². The van der Waals surface area contributed by atoms with Crippen molar-refractivity contribution in [3.05, 3.63) is 29.3 Å². The van der Waals surface area contributed by atoms with Gasteiger partial charge in [0.15, 0.2) is 0 Å². The Bertz CT molecular complexity index is 464. The molecule has 3 nitrogen and oxygen atoms in total. The predicted octanol–water partition coefficient (Wildman–Crippen LogP) is 2.93. The van der Waals surface area contributed by atoms with Crippen molar-refractivity contribution in [3.63, 3.8) is 0 Å². The molecule has 104 valence electrons. The van der Waals surface area contributed by atoms with Gasteiger partial charge in [0.25, 0.3) is 0 Å². The summed E-state index contributed by atoms with van der Waals surface area (Å²) in [5, 5.41) is 0. The molecule has 1 saturated heterocycles. The van der Waals surface area contributed by atoms with E-state index in [1.807, 2.05) is 0 Å². The first-order valence-electron chi connectivity index (χ1n) is 7.22. The summed E-state index contributed by atoms with van der Waals surface area (Å²) in [6.45, 7) is 6.02. The molecule has 0 saturated carbocycles. The molecule has 0 radical (unpaired) electrons. The molecule has 3 rings (SSSR count). The highest BCUT2D eigenvalue weighted by Crippen LogP contribution is 2.40. The van der Waals surface area contributed by atoms with E-state index in [0.717, 1.165) is 31.8 Å². The molecule has 0 spiro atoms. The SMILES string of the molecule is CC1(C)COc2ccc(C(N)C3CCCCO3)cc21. The van der Waals surface area contributed by atoms with Crippen molar-refractivity contribution in [2.45, 2.75) is 50.7 Å². The lowest BCUT2D eigenvalue weighted by molar-refractivity contribution is -0.00000611. The van der Waals surface area contributed by atoms with E-state index < -0.39 is 0 Å². The van der Waals surface area contributed by atoms with E-state index in [2.05, 4.69) is 32.0 Å². The summed E-state index contributed by atoms with van der Waals surface area (Å²) in [6.07, 6.45) is 3.61. The largest absolute Gasteiger partial charge is 0.492 e. The highest BCUT2D eigenvalue weighted by Gasteiger charge is 2.33. The maximum Gasteiger partial charge on any atom is 0.123 e. The van der Waals surface area contributed by atoms with Gasteiger partial charge >= 0.3 is 0 Å². The molecule has 19 heavy (non-hydrogen) atoms. The van der Waals surface area contributed by atoms with Gasteiger partial charge in [-0.3, -0.25) is 0 Å².